The van der Waals surface area contributed by atoms with Crippen molar-refractivity contribution in [3.63, 3.8) is 0 Å². The molecule has 1 aromatic rings. The Morgan fingerprint density at radius 2 is 1.71 bits per heavy atom. The maximum atomic E-state index is 10.1. The summed E-state index contributed by atoms with van der Waals surface area (Å²) in [6, 6.07) is 8.83. The number of benzene rings is 1. The van der Waals surface area contributed by atoms with Gasteiger partial charge in [0, 0.05) is 0 Å². The molecule has 0 amide bonds. The Hall–Kier alpha value is -1.35. The molecule has 0 radical (unpaired) electrons. The normalized spacial score (nSPS) is 23.4. The molecule has 0 aromatic heterocycles. The van der Waals surface area contributed by atoms with Crippen LogP contribution in [0.1, 0.15) is 43.0 Å². The van der Waals surface area contributed by atoms with E-state index in [1.807, 2.05) is 0 Å². The molecule has 0 saturated heterocycles. The molecule has 0 bridgehead atoms. The zero-order chi connectivity index (χ0) is 12.7. The standard InChI is InChI=1S/C7H15N.C7H6O2/c1-6-2-4-7(8)5-3-6;8-7(9)6-4-2-1-3-5-6/h6-7H,2-5,8H2,1H3;1-5H,(H,8,9). The van der Waals surface area contributed by atoms with Crippen LogP contribution in [0.5, 0.6) is 0 Å². The van der Waals surface area contributed by atoms with Crippen LogP contribution in [0, 0.1) is 5.92 Å². The van der Waals surface area contributed by atoms with Gasteiger partial charge in [0.15, 0.2) is 0 Å². The van der Waals surface area contributed by atoms with Crippen molar-refractivity contribution in [1.82, 2.24) is 0 Å². The largest absolute Gasteiger partial charge is 0.545 e. The van der Waals surface area contributed by atoms with Gasteiger partial charge >= 0.3 is 0 Å². The van der Waals surface area contributed by atoms with Gasteiger partial charge in [-0.1, -0.05) is 37.3 Å². The Balaban J connectivity index is 0.000000171. The van der Waals surface area contributed by atoms with Crippen molar-refractivity contribution in [3.05, 3.63) is 35.9 Å². The molecule has 2 rings (SSSR count). The highest BCUT2D eigenvalue weighted by Gasteiger charge is 2.16. The Kier molecular flexibility index (Phi) is 5.70. The predicted molar refractivity (Wildman–Crippen MR) is 65.1 cm³/mol. The first-order chi connectivity index (χ1) is 8.09. The molecule has 0 aliphatic heterocycles. The van der Waals surface area contributed by atoms with Gasteiger partial charge in [-0.05, 0) is 37.2 Å². The van der Waals surface area contributed by atoms with Gasteiger partial charge in [-0.25, -0.2) is 0 Å². The smallest absolute Gasteiger partial charge is 0.0843 e. The fourth-order valence-electron chi connectivity index (χ4n) is 1.90. The van der Waals surface area contributed by atoms with E-state index in [2.05, 4.69) is 12.7 Å². The van der Waals surface area contributed by atoms with Crippen LogP contribution in [0.15, 0.2) is 30.3 Å². The predicted octanol–water partition coefficient (Wildman–Crippen LogP) is 0.857. The van der Waals surface area contributed by atoms with Crippen LogP contribution in [-0.2, 0) is 0 Å². The van der Waals surface area contributed by atoms with Crippen LogP contribution in [0.4, 0.5) is 0 Å². The van der Waals surface area contributed by atoms with E-state index in [0.29, 0.717) is 0 Å². The SMILES string of the molecule is CC1CCC([NH3+])CC1.O=C([O-])c1ccccc1. The minimum absolute atomic E-state index is 0.220. The van der Waals surface area contributed by atoms with Crippen LogP contribution < -0.4 is 10.8 Å². The van der Waals surface area contributed by atoms with Crippen molar-refractivity contribution in [2.45, 2.75) is 38.6 Å². The number of carbonyl (C=O) groups excluding carboxylic acids is 1. The Bertz CT molecular complexity index is 319. The molecule has 0 heterocycles. The van der Waals surface area contributed by atoms with Crippen molar-refractivity contribution in [2.75, 3.05) is 0 Å². The lowest BCUT2D eigenvalue weighted by molar-refractivity contribution is -0.426. The number of carboxylic acids is 1. The molecule has 1 fully saturated rings. The molecule has 1 aromatic carbocycles. The second kappa shape index (κ2) is 7.07. The number of hydrogen-bond acceptors (Lipinski definition) is 2. The van der Waals surface area contributed by atoms with Gasteiger partial charge in [-0.15, -0.1) is 0 Å². The number of quaternary nitrogens is 1. The first kappa shape index (κ1) is 13.7. The Morgan fingerprint density at radius 3 is 2.06 bits per heavy atom. The number of carboxylic acid groups (broad SMARTS) is 1. The molecule has 3 heteroatoms. The molecule has 94 valence electrons. The molecule has 17 heavy (non-hydrogen) atoms. The first-order valence-electron chi connectivity index (χ1n) is 6.19. The number of hydrogen-bond donors (Lipinski definition) is 1. The molecule has 0 unspecified atom stereocenters. The van der Waals surface area contributed by atoms with Crippen molar-refractivity contribution in [2.24, 2.45) is 5.92 Å². The molecule has 0 spiro atoms. The summed E-state index contributed by atoms with van der Waals surface area (Å²) in [5, 5.41) is 10.1. The maximum Gasteiger partial charge on any atom is 0.0843 e. The van der Waals surface area contributed by atoms with Crippen molar-refractivity contribution in [3.8, 4) is 0 Å². The first-order valence-corrected chi connectivity index (χ1v) is 6.19. The average molecular weight is 235 g/mol. The molecular weight excluding hydrogens is 214 g/mol. The van der Waals surface area contributed by atoms with Gasteiger partial charge in [-0.3, -0.25) is 0 Å². The third-order valence-corrected chi connectivity index (χ3v) is 3.14. The zero-order valence-electron chi connectivity index (χ0n) is 10.4. The summed E-state index contributed by atoms with van der Waals surface area (Å²) in [7, 11) is 0. The van der Waals surface area contributed by atoms with Gasteiger partial charge in [0.25, 0.3) is 0 Å². The second-order valence-electron chi connectivity index (χ2n) is 4.78. The van der Waals surface area contributed by atoms with Gasteiger partial charge in [-0.2, -0.15) is 0 Å². The van der Waals surface area contributed by atoms with E-state index in [4.69, 9.17) is 0 Å². The summed E-state index contributed by atoms with van der Waals surface area (Å²) in [5.74, 6) is -0.149. The summed E-state index contributed by atoms with van der Waals surface area (Å²) in [4.78, 5) is 10.1. The zero-order valence-corrected chi connectivity index (χ0v) is 10.4. The topological polar surface area (TPSA) is 67.8 Å². The van der Waals surface area contributed by atoms with Crippen molar-refractivity contribution in [1.29, 1.82) is 0 Å². The summed E-state index contributed by atoms with van der Waals surface area (Å²) in [6.45, 7) is 2.34. The van der Waals surface area contributed by atoms with E-state index >= 15 is 0 Å². The maximum absolute atomic E-state index is 10.1. The number of rotatable bonds is 1. The van der Waals surface area contributed by atoms with E-state index < -0.39 is 5.97 Å². The van der Waals surface area contributed by atoms with Gasteiger partial charge < -0.3 is 15.6 Å². The van der Waals surface area contributed by atoms with E-state index in [1.165, 1.54) is 37.8 Å². The molecule has 1 saturated carbocycles. The lowest BCUT2D eigenvalue weighted by atomic mass is 9.88. The molecule has 1 aliphatic carbocycles. The second-order valence-corrected chi connectivity index (χ2v) is 4.78. The Morgan fingerprint density at radius 1 is 1.18 bits per heavy atom. The summed E-state index contributed by atoms with van der Waals surface area (Å²) in [6.07, 6.45) is 5.55. The molecule has 3 N–H and O–H groups in total. The highest BCUT2D eigenvalue weighted by atomic mass is 16.4. The van der Waals surface area contributed by atoms with Crippen LogP contribution in [0.25, 0.3) is 0 Å². The number of carbonyl (C=O) groups is 1. The lowest BCUT2D eigenvalue weighted by Gasteiger charge is -2.19. The summed E-state index contributed by atoms with van der Waals surface area (Å²) >= 11 is 0. The van der Waals surface area contributed by atoms with Gasteiger partial charge in [0.1, 0.15) is 0 Å². The van der Waals surface area contributed by atoms with Crippen molar-refractivity contribution >= 4 is 5.97 Å². The molecular formula is C14H21NO2. The minimum atomic E-state index is -1.13. The summed E-state index contributed by atoms with van der Waals surface area (Å²) < 4.78 is 0. The minimum Gasteiger partial charge on any atom is -0.545 e. The van der Waals surface area contributed by atoms with E-state index in [1.54, 1.807) is 18.2 Å². The van der Waals surface area contributed by atoms with Crippen LogP contribution in [-0.4, -0.2) is 12.0 Å². The van der Waals surface area contributed by atoms with Gasteiger partial charge in [0.2, 0.25) is 0 Å². The Labute approximate surface area is 103 Å². The lowest BCUT2D eigenvalue weighted by Crippen LogP contribution is -2.61. The monoisotopic (exact) mass is 235 g/mol. The van der Waals surface area contributed by atoms with Gasteiger partial charge in [0.05, 0.1) is 12.0 Å². The third-order valence-electron chi connectivity index (χ3n) is 3.14. The fraction of sp³-hybridized carbons (Fsp3) is 0.500. The van der Waals surface area contributed by atoms with Crippen molar-refractivity contribution < 1.29 is 15.6 Å². The summed E-state index contributed by atoms with van der Waals surface area (Å²) in [5.41, 5.74) is 4.25. The van der Waals surface area contributed by atoms with Crippen LogP contribution >= 0.6 is 0 Å². The van der Waals surface area contributed by atoms with E-state index in [-0.39, 0.29) is 5.56 Å². The molecule has 3 nitrogen and oxygen atoms in total. The molecule has 1 aliphatic rings. The van der Waals surface area contributed by atoms with Crippen LogP contribution in [0.3, 0.4) is 0 Å². The number of aromatic carboxylic acids is 1. The van der Waals surface area contributed by atoms with E-state index in [9.17, 15) is 9.90 Å². The fourth-order valence-corrected chi connectivity index (χ4v) is 1.90. The molecule has 0 atom stereocenters. The quantitative estimate of drug-likeness (QED) is 0.784. The average Bonchev–Trinajstić information content (AvgIpc) is 2.35. The highest BCUT2D eigenvalue weighted by molar-refractivity contribution is 5.85. The third kappa shape index (κ3) is 5.50. The van der Waals surface area contributed by atoms with Crippen LogP contribution in [0.2, 0.25) is 0 Å². The highest BCUT2D eigenvalue weighted by Crippen LogP contribution is 2.20. The van der Waals surface area contributed by atoms with E-state index in [0.717, 1.165) is 12.0 Å².